The second kappa shape index (κ2) is 8.10. The molecule has 1 aliphatic carbocycles. The molecule has 1 aromatic carbocycles. The SMILES string of the molecule is CCn1cnc2c(Nc3ccc(C(F)(F)F)cc3)nc(NC3CCC(O)CC3)nc21. The van der Waals surface area contributed by atoms with E-state index in [0.717, 1.165) is 37.8 Å². The van der Waals surface area contributed by atoms with Crippen molar-refractivity contribution < 1.29 is 18.3 Å². The number of halogens is 3. The van der Waals surface area contributed by atoms with Crippen molar-refractivity contribution in [3.8, 4) is 0 Å². The smallest absolute Gasteiger partial charge is 0.393 e. The average Bonchev–Trinajstić information content (AvgIpc) is 3.13. The van der Waals surface area contributed by atoms with Crippen molar-refractivity contribution in [2.75, 3.05) is 10.6 Å². The summed E-state index contributed by atoms with van der Waals surface area (Å²) < 4.78 is 40.3. The normalized spacial score (nSPS) is 19.8. The third-order valence-electron chi connectivity index (χ3n) is 5.31. The molecule has 0 bridgehead atoms. The van der Waals surface area contributed by atoms with Gasteiger partial charge in [0.05, 0.1) is 18.0 Å². The van der Waals surface area contributed by atoms with Crippen molar-refractivity contribution in [1.29, 1.82) is 0 Å². The number of benzene rings is 1. The highest BCUT2D eigenvalue weighted by atomic mass is 19.4. The minimum absolute atomic E-state index is 0.155. The van der Waals surface area contributed by atoms with Crippen LogP contribution in [-0.2, 0) is 12.7 Å². The fraction of sp³-hybridized carbons (Fsp3) is 0.450. The Kier molecular flexibility index (Phi) is 5.50. The topological polar surface area (TPSA) is 87.9 Å². The van der Waals surface area contributed by atoms with Crippen LogP contribution in [0.15, 0.2) is 30.6 Å². The molecular formula is C20H23F3N6O. The zero-order valence-electron chi connectivity index (χ0n) is 16.4. The molecule has 7 nitrogen and oxygen atoms in total. The lowest BCUT2D eigenvalue weighted by Gasteiger charge is -2.26. The second-order valence-electron chi connectivity index (χ2n) is 7.45. The fourth-order valence-electron chi connectivity index (χ4n) is 3.61. The van der Waals surface area contributed by atoms with Crippen LogP contribution in [0.2, 0.25) is 0 Å². The largest absolute Gasteiger partial charge is 0.416 e. The molecule has 1 saturated carbocycles. The first-order valence-electron chi connectivity index (χ1n) is 9.95. The summed E-state index contributed by atoms with van der Waals surface area (Å²) in [7, 11) is 0. The van der Waals surface area contributed by atoms with Gasteiger partial charge in [-0.15, -0.1) is 0 Å². The van der Waals surface area contributed by atoms with Crippen molar-refractivity contribution in [2.45, 2.75) is 57.5 Å². The number of hydrogen-bond acceptors (Lipinski definition) is 6. The zero-order valence-corrected chi connectivity index (χ0v) is 16.4. The summed E-state index contributed by atoms with van der Waals surface area (Å²) in [5.74, 6) is 0.846. The molecule has 0 aliphatic heterocycles. The molecule has 0 unspecified atom stereocenters. The maximum absolute atomic E-state index is 12.8. The minimum atomic E-state index is -4.38. The number of rotatable bonds is 5. The van der Waals surface area contributed by atoms with Gasteiger partial charge in [0.15, 0.2) is 17.0 Å². The van der Waals surface area contributed by atoms with Gasteiger partial charge in [-0.05, 0) is 56.9 Å². The Morgan fingerprint density at radius 3 is 2.43 bits per heavy atom. The van der Waals surface area contributed by atoms with Gasteiger partial charge >= 0.3 is 6.18 Å². The number of hydrogen-bond donors (Lipinski definition) is 3. The molecule has 2 heterocycles. The quantitative estimate of drug-likeness (QED) is 0.570. The predicted molar refractivity (Wildman–Crippen MR) is 108 cm³/mol. The lowest BCUT2D eigenvalue weighted by Crippen LogP contribution is -2.29. The molecule has 3 N–H and O–H groups in total. The van der Waals surface area contributed by atoms with Crippen LogP contribution in [0.25, 0.3) is 11.2 Å². The van der Waals surface area contributed by atoms with Gasteiger partial charge in [-0.25, -0.2) is 4.98 Å². The van der Waals surface area contributed by atoms with Crippen molar-refractivity contribution in [3.63, 3.8) is 0 Å². The predicted octanol–water partition coefficient (Wildman–Crippen LogP) is 4.32. The van der Waals surface area contributed by atoms with Crippen LogP contribution in [-0.4, -0.2) is 36.8 Å². The van der Waals surface area contributed by atoms with Crippen LogP contribution in [0.1, 0.15) is 38.2 Å². The number of alkyl halides is 3. The number of aliphatic hydroxyl groups excluding tert-OH is 1. The van der Waals surface area contributed by atoms with Gasteiger partial charge in [-0.1, -0.05) is 0 Å². The summed E-state index contributed by atoms with van der Waals surface area (Å²) >= 11 is 0. The Morgan fingerprint density at radius 2 is 1.80 bits per heavy atom. The van der Waals surface area contributed by atoms with Crippen LogP contribution in [0.3, 0.4) is 0 Å². The summed E-state index contributed by atoms with van der Waals surface area (Å²) in [6.07, 6.45) is 0.106. The third kappa shape index (κ3) is 4.33. The molecule has 1 fully saturated rings. The number of fused-ring (bicyclic) bond motifs is 1. The first-order chi connectivity index (χ1) is 14.3. The molecule has 160 valence electrons. The molecule has 0 radical (unpaired) electrons. The van der Waals surface area contributed by atoms with Gasteiger partial charge in [0.25, 0.3) is 0 Å². The first kappa shape index (κ1) is 20.4. The van der Waals surface area contributed by atoms with Crippen molar-refractivity contribution in [3.05, 3.63) is 36.2 Å². The number of aliphatic hydroxyl groups is 1. The maximum atomic E-state index is 12.8. The van der Waals surface area contributed by atoms with Gasteiger partial charge < -0.3 is 20.3 Å². The highest BCUT2D eigenvalue weighted by molar-refractivity contribution is 5.86. The van der Waals surface area contributed by atoms with E-state index in [1.54, 1.807) is 6.33 Å². The van der Waals surface area contributed by atoms with E-state index in [2.05, 4.69) is 25.6 Å². The standard InChI is InChI=1S/C20H23F3N6O/c1-2-29-11-24-16-17(25-13-5-3-12(4-6-13)20(21,22)23)27-19(28-18(16)29)26-14-7-9-15(30)10-8-14/h3-6,11,14-15,30H,2,7-10H2,1H3,(H2,25,26,27,28). The summed E-state index contributed by atoms with van der Waals surface area (Å²) in [6.45, 7) is 2.64. The van der Waals surface area contributed by atoms with E-state index < -0.39 is 11.7 Å². The average molecular weight is 420 g/mol. The molecule has 30 heavy (non-hydrogen) atoms. The number of anilines is 3. The highest BCUT2D eigenvalue weighted by Gasteiger charge is 2.30. The molecule has 0 atom stereocenters. The number of nitrogens with one attached hydrogen (secondary N) is 2. The van der Waals surface area contributed by atoms with E-state index in [-0.39, 0.29) is 12.1 Å². The summed E-state index contributed by atoms with van der Waals surface area (Å²) in [5.41, 5.74) is 0.945. The van der Waals surface area contributed by atoms with Crippen LogP contribution in [0.4, 0.5) is 30.6 Å². The molecule has 3 aromatic rings. The molecule has 0 amide bonds. The Morgan fingerprint density at radius 1 is 1.10 bits per heavy atom. The van der Waals surface area contributed by atoms with Gasteiger partial charge in [0, 0.05) is 18.3 Å². The second-order valence-corrected chi connectivity index (χ2v) is 7.45. The Labute approximate surface area is 171 Å². The fourth-order valence-corrected chi connectivity index (χ4v) is 3.61. The van der Waals surface area contributed by atoms with Gasteiger partial charge in [-0.2, -0.15) is 23.1 Å². The Hall–Kier alpha value is -2.88. The summed E-state index contributed by atoms with van der Waals surface area (Å²) in [5, 5.41) is 16.1. The lowest BCUT2D eigenvalue weighted by atomic mass is 9.93. The monoisotopic (exact) mass is 420 g/mol. The van der Waals surface area contributed by atoms with E-state index in [9.17, 15) is 18.3 Å². The van der Waals surface area contributed by atoms with Crippen molar-refractivity contribution in [2.24, 2.45) is 0 Å². The van der Waals surface area contributed by atoms with E-state index >= 15 is 0 Å². The number of aryl methyl sites for hydroxylation is 1. The molecule has 2 aromatic heterocycles. The van der Waals surface area contributed by atoms with Crippen molar-refractivity contribution >= 4 is 28.6 Å². The van der Waals surface area contributed by atoms with Crippen LogP contribution in [0, 0.1) is 0 Å². The van der Waals surface area contributed by atoms with Crippen LogP contribution in [0.5, 0.6) is 0 Å². The Balaban J connectivity index is 1.63. The lowest BCUT2D eigenvalue weighted by molar-refractivity contribution is -0.137. The van der Waals surface area contributed by atoms with Crippen molar-refractivity contribution in [1.82, 2.24) is 19.5 Å². The molecule has 1 aliphatic rings. The highest BCUT2D eigenvalue weighted by Crippen LogP contribution is 2.31. The molecule has 4 rings (SSSR count). The van der Waals surface area contributed by atoms with Crippen LogP contribution >= 0.6 is 0 Å². The van der Waals surface area contributed by atoms with E-state index in [4.69, 9.17) is 0 Å². The molecule has 0 spiro atoms. The van der Waals surface area contributed by atoms with Gasteiger partial charge in [0.2, 0.25) is 5.95 Å². The zero-order chi connectivity index (χ0) is 21.3. The Bertz CT molecular complexity index is 1010. The minimum Gasteiger partial charge on any atom is -0.393 e. The third-order valence-corrected chi connectivity index (χ3v) is 5.31. The van der Waals surface area contributed by atoms with E-state index in [0.29, 0.717) is 35.2 Å². The van der Waals surface area contributed by atoms with Gasteiger partial charge in [0.1, 0.15) is 0 Å². The van der Waals surface area contributed by atoms with Gasteiger partial charge in [-0.3, -0.25) is 0 Å². The summed E-state index contributed by atoms with van der Waals surface area (Å²) in [6, 6.07) is 4.94. The van der Waals surface area contributed by atoms with E-state index in [1.807, 2.05) is 11.5 Å². The molecule has 10 heteroatoms. The molecular weight excluding hydrogens is 397 g/mol. The van der Waals surface area contributed by atoms with E-state index in [1.165, 1.54) is 12.1 Å². The number of nitrogens with zero attached hydrogens (tertiary/aromatic N) is 4. The molecule has 0 saturated heterocycles. The van der Waals surface area contributed by atoms with Crippen LogP contribution < -0.4 is 10.6 Å². The number of aromatic nitrogens is 4. The summed E-state index contributed by atoms with van der Waals surface area (Å²) in [4.78, 5) is 13.5. The maximum Gasteiger partial charge on any atom is 0.416 e. The number of imidazole rings is 1. The first-order valence-corrected chi connectivity index (χ1v) is 9.95.